The average molecular weight is 525 g/mol. The van der Waals surface area contributed by atoms with Crippen LogP contribution in [0.25, 0.3) is 34.4 Å². The van der Waals surface area contributed by atoms with Gasteiger partial charge < -0.3 is 8.83 Å². The van der Waals surface area contributed by atoms with Gasteiger partial charge in [0.15, 0.2) is 0 Å². The van der Waals surface area contributed by atoms with Crippen LogP contribution < -0.4 is 0 Å². The van der Waals surface area contributed by atoms with Gasteiger partial charge in [-0.15, -0.1) is 20.4 Å². The lowest BCUT2D eigenvalue weighted by Crippen LogP contribution is -1.99. The van der Waals surface area contributed by atoms with Crippen molar-refractivity contribution in [3.05, 3.63) is 59.6 Å². The van der Waals surface area contributed by atoms with Crippen molar-refractivity contribution in [2.45, 2.75) is 7.59 Å². The third kappa shape index (κ3) is 4.54. The summed E-state index contributed by atoms with van der Waals surface area (Å²) in [7, 11) is 0. The Morgan fingerprint density at radius 1 is 0.667 bits per heavy atom. The van der Waals surface area contributed by atoms with Crippen molar-refractivity contribution in [1.82, 2.24) is 20.4 Å². The Morgan fingerprint density at radius 3 is 1.93 bits per heavy atom. The van der Waals surface area contributed by atoms with E-state index in [0.717, 1.165) is 16.3 Å². The summed E-state index contributed by atoms with van der Waals surface area (Å²) in [4.78, 5) is 0. The normalized spacial score (nSPS) is 12.9. The molecule has 6 nitrogen and oxygen atoms in total. The van der Waals surface area contributed by atoms with Crippen LogP contribution in [-0.2, 0) is 7.59 Å². The van der Waals surface area contributed by atoms with Crippen LogP contribution >= 0.6 is 69.6 Å². The lowest BCUT2D eigenvalue weighted by Gasteiger charge is -2.07. The lowest BCUT2D eigenvalue weighted by atomic mass is 9.99. The second kappa shape index (κ2) is 8.19. The zero-order valence-corrected chi connectivity index (χ0v) is 19.0. The predicted octanol–water partition coefficient (Wildman–Crippen LogP) is 7.10. The van der Waals surface area contributed by atoms with Crippen molar-refractivity contribution in [3.8, 4) is 11.5 Å². The van der Waals surface area contributed by atoms with Crippen LogP contribution in [0.15, 0.2) is 45.2 Å². The van der Waals surface area contributed by atoms with Crippen LogP contribution in [0, 0.1) is 0 Å². The fraction of sp³-hybridized carbons (Fsp3) is 0.111. The number of aromatic nitrogens is 4. The molecule has 0 aliphatic carbocycles. The summed E-state index contributed by atoms with van der Waals surface area (Å²) in [5.74, 6) is 0.186. The van der Waals surface area contributed by atoms with Gasteiger partial charge in [-0.25, -0.2) is 0 Å². The van der Waals surface area contributed by atoms with Crippen molar-refractivity contribution < 1.29 is 8.83 Å². The topological polar surface area (TPSA) is 77.8 Å². The standard InChI is InChI=1S/C18H8Cl6N4O2/c19-17(20,21)15-27-25-13(29-15)8-6-9-5-7-12(11-4-2-1-3-10(9)11)14-26-28-16(30-14)18(22,23)24/h1-8H. The Morgan fingerprint density at radius 2 is 1.30 bits per heavy atom. The maximum Gasteiger partial charge on any atom is 0.268 e. The molecule has 0 atom stereocenters. The first-order chi connectivity index (χ1) is 14.1. The molecular weight excluding hydrogens is 517 g/mol. The number of benzene rings is 2. The zero-order valence-electron chi connectivity index (χ0n) is 14.5. The monoisotopic (exact) mass is 522 g/mol. The quantitative estimate of drug-likeness (QED) is 0.266. The molecule has 0 spiro atoms. The average Bonchev–Trinajstić information content (AvgIpc) is 3.35. The third-order valence-corrected chi connectivity index (χ3v) is 4.91. The Hall–Kier alpha value is -1.54. The van der Waals surface area contributed by atoms with Gasteiger partial charge in [-0.2, -0.15) is 0 Å². The maximum atomic E-state index is 5.81. The molecule has 0 saturated heterocycles. The van der Waals surface area contributed by atoms with E-state index >= 15 is 0 Å². The molecule has 0 aliphatic heterocycles. The van der Waals surface area contributed by atoms with E-state index < -0.39 is 7.59 Å². The largest absolute Gasteiger partial charge is 0.417 e. The molecule has 4 rings (SSSR count). The second-order valence-electron chi connectivity index (χ2n) is 5.93. The van der Waals surface area contributed by atoms with E-state index in [4.69, 9.17) is 78.4 Å². The molecule has 154 valence electrons. The van der Waals surface area contributed by atoms with Crippen molar-refractivity contribution in [3.63, 3.8) is 0 Å². The molecule has 12 heteroatoms. The SMILES string of the molecule is ClC(Cl)(Cl)c1nnc(C=Cc2ccc(-c3nnc(C(Cl)(Cl)Cl)o3)c3ccccc23)o1. The summed E-state index contributed by atoms with van der Waals surface area (Å²) in [6.07, 6.45) is 3.41. The van der Waals surface area contributed by atoms with E-state index in [0.29, 0.717) is 5.56 Å². The summed E-state index contributed by atoms with van der Waals surface area (Å²) in [6, 6.07) is 11.3. The van der Waals surface area contributed by atoms with Crippen molar-refractivity contribution in [1.29, 1.82) is 0 Å². The minimum absolute atomic E-state index is 0.114. The van der Waals surface area contributed by atoms with Crippen LogP contribution in [-0.4, -0.2) is 20.4 Å². The molecule has 0 saturated carbocycles. The highest BCUT2D eigenvalue weighted by atomic mass is 35.6. The molecule has 0 aliphatic rings. The summed E-state index contributed by atoms with van der Waals surface area (Å²) in [5.41, 5.74) is 1.55. The molecule has 30 heavy (non-hydrogen) atoms. The first-order valence-electron chi connectivity index (χ1n) is 8.14. The Bertz CT molecular complexity index is 1240. The van der Waals surface area contributed by atoms with Gasteiger partial charge in [-0.05, 0) is 28.5 Å². The van der Waals surface area contributed by atoms with Gasteiger partial charge in [0, 0.05) is 11.6 Å². The molecular formula is C18H8Cl6N4O2. The van der Waals surface area contributed by atoms with E-state index in [1.54, 1.807) is 12.2 Å². The molecule has 2 aromatic heterocycles. The van der Waals surface area contributed by atoms with Gasteiger partial charge in [0.2, 0.25) is 11.8 Å². The number of halogens is 6. The van der Waals surface area contributed by atoms with E-state index in [1.165, 1.54) is 0 Å². The summed E-state index contributed by atoms with van der Waals surface area (Å²) < 4.78 is 7.28. The van der Waals surface area contributed by atoms with E-state index in [-0.39, 0.29) is 23.6 Å². The van der Waals surface area contributed by atoms with Crippen LogP contribution in [0.3, 0.4) is 0 Å². The minimum atomic E-state index is -1.81. The molecule has 2 aromatic carbocycles. The first-order valence-corrected chi connectivity index (χ1v) is 10.4. The first kappa shape index (κ1) is 21.7. The van der Waals surface area contributed by atoms with Gasteiger partial charge in [0.05, 0.1) is 0 Å². The van der Waals surface area contributed by atoms with E-state index in [1.807, 2.05) is 36.4 Å². The van der Waals surface area contributed by atoms with E-state index in [9.17, 15) is 0 Å². The minimum Gasteiger partial charge on any atom is -0.417 e. The van der Waals surface area contributed by atoms with Gasteiger partial charge in [-0.1, -0.05) is 99.9 Å². The number of nitrogens with zero attached hydrogens (tertiary/aromatic N) is 4. The molecule has 4 aromatic rings. The fourth-order valence-electron chi connectivity index (χ4n) is 2.68. The van der Waals surface area contributed by atoms with Crippen molar-refractivity contribution in [2.75, 3.05) is 0 Å². The highest BCUT2D eigenvalue weighted by molar-refractivity contribution is 6.66. The third-order valence-electron chi connectivity index (χ3n) is 3.94. The van der Waals surface area contributed by atoms with Crippen LogP contribution in [0.2, 0.25) is 0 Å². The summed E-state index contributed by atoms with van der Waals surface area (Å²) in [6.45, 7) is 0. The van der Waals surface area contributed by atoms with Gasteiger partial charge in [0.25, 0.3) is 19.4 Å². The number of fused-ring (bicyclic) bond motifs is 1. The molecule has 2 heterocycles. The molecule has 0 fully saturated rings. The number of alkyl halides is 6. The fourth-order valence-corrected chi connectivity index (χ4v) is 3.14. The number of rotatable bonds is 3. The second-order valence-corrected chi connectivity index (χ2v) is 10.5. The van der Waals surface area contributed by atoms with Crippen molar-refractivity contribution in [2.24, 2.45) is 0 Å². The number of hydrogen-bond acceptors (Lipinski definition) is 6. The van der Waals surface area contributed by atoms with Gasteiger partial charge in [0.1, 0.15) is 0 Å². The highest BCUT2D eigenvalue weighted by Gasteiger charge is 2.31. The predicted molar refractivity (Wildman–Crippen MR) is 119 cm³/mol. The molecule has 0 radical (unpaired) electrons. The van der Waals surface area contributed by atoms with Crippen LogP contribution in [0.4, 0.5) is 0 Å². The summed E-state index contributed by atoms with van der Waals surface area (Å²) in [5, 5.41) is 17.1. The van der Waals surface area contributed by atoms with E-state index in [2.05, 4.69) is 20.4 Å². The van der Waals surface area contributed by atoms with Crippen molar-refractivity contribution >= 4 is 92.5 Å². The van der Waals surface area contributed by atoms with Crippen LogP contribution in [0.5, 0.6) is 0 Å². The lowest BCUT2D eigenvalue weighted by molar-refractivity contribution is 0.493. The number of hydrogen-bond donors (Lipinski definition) is 0. The van der Waals surface area contributed by atoms with Crippen LogP contribution in [0.1, 0.15) is 23.2 Å². The smallest absolute Gasteiger partial charge is 0.268 e. The Kier molecular flexibility index (Phi) is 5.92. The molecule has 0 bridgehead atoms. The highest BCUT2D eigenvalue weighted by Crippen LogP contribution is 2.40. The Labute approximate surface area is 199 Å². The molecule has 0 unspecified atom stereocenters. The molecule has 0 N–H and O–H groups in total. The Balaban J connectivity index is 1.73. The van der Waals surface area contributed by atoms with Gasteiger partial charge >= 0.3 is 0 Å². The summed E-state index contributed by atoms with van der Waals surface area (Å²) >= 11 is 34.7. The van der Waals surface area contributed by atoms with Gasteiger partial charge in [-0.3, -0.25) is 0 Å². The maximum absolute atomic E-state index is 5.81. The zero-order chi connectivity index (χ0) is 21.5. The molecule has 0 amide bonds.